The van der Waals surface area contributed by atoms with E-state index in [4.69, 9.17) is 5.73 Å². The minimum absolute atomic E-state index is 0.274. The van der Waals surface area contributed by atoms with Crippen molar-refractivity contribution in [2.24, 2.45) is 5.73 Å². The highest BCUT2D eigenvalue weighted by atomic mass is 19.1. The fraction of sp³-hybridized carbons (Fsp3) is 0.263. The van der Waals surface area contributed by atoms with Gasteiger partial charge in [0.2, 0.25) is 5.91 Å². The van der Waals surface area contributed by atoms with Crippen LogP contribution in [0.2, 0.25) is 0 Å². The van der Waals surface area contributed by atoms with Crippen LogP contribution in [0.4, 0.5) is 4.39 Å². The third-order valence-corrected chi connectivity index (χ3v) is 3.88. The first-order valence-corrected chi connectivity index (χ1v) is 8.08. The molecular formula is C19H22FN3O2. The molecule has 0 saturated heterocycles. The Morgan fingerprint density at radius 2 is 1.60 bits per heavy atom. The average Bonchev–Trinajstić information content (AvgIpc) is 2.62. The molecule has 0 aliphatic heterocycles. The smallest absolute Gasteiger partial charge is 0.251 e. The van der Waals surface area contributed by atoms with E-state index >= 15 is 0 Å². The predicted octanol–water partition coefficient (Wildman–Crippen LogP) is 1.94. The molecule has 0 spiro atoms. The molecule has 132 valence electrons. The number of carbonyl (C=O) groups is 2. The topological polar surface area (TPSA) is 84.2 Å². The van der Waals surface area contributed by atoms with E-state index < -0.39 is 5.54 Å². The van der Waals surface area contributed by atoms with Crippen LogP contribution in [-0.2, 0) is 10.3 Å². The van der Waals surface area contributed by atoms with Crippen LogP contribution in [0.3, 0.4) is 0 Å². The number of benzene rings is 2. The molecule has 25 heavy (non-hydrogen) atoms. The van der Waals surface area contributed by atoms with Gasteiger partial charge in [0.05, 0.1) is 0 Å². The Balaban J connectivity index is 1.73. The van der Waals surface area contributed by atoms with Crippen LogP contribution in [0.5, 0.6) is 0 Å². The zero-order valence-corrected chi connectivity index (χ0v) is 14.1. The summed E-state index contributed by atoms with van der Waals surface area (Å²) in [5.41, 5.74) is 6.13. The van der Waals surface area contributed by atoms with E-state index in [1.165, 1.54) is 24.3 Å². The van der Waals surface area contributed by atoms with E-state index in [0.717, 1.165) is 5.56 Å². The standard InChI is InChI=1S/C19H22FN3O2/c1-19(21,15-6-3-2-4-7-15)18(25)23-13-5-12-22-17(24)14-8-10-16(20)11-9-14/h2-4,6-11H,5,12-13,21H2,1H3,(H,22,24)(H,23,25). The molecular weight excluding hydrogens is 321 g/mol. The minimum Gasteiger partial charge on any atom is -0.354 e. The second-order valence-electron chi connectivity index (χ2n) is 5.94. The molecule has 2 rings (SSSR count). The quantitative estimate of drug-likeness (QED) is 0.672. The van der Waals surface area contributed by atoms with Crippen molar-refractivity contribution in [1.29, 1.82) is 0 Å². The number of halogens is 1. The number of nitrogens with two attached hydrogens (primary N) is 1. The van der Waals surface area contributed by atoms with Crippen molar-refractivity contribution >= 4 is 11.8 Å². The molecule has 0 aliphatic rings. The SMILES string of the molecule is CC(N)(C(=O)NCCCNC(=O)c1ccc(F)cc1)c1ccccc1. The van der Waals surface area contributed by atoms with Crippen molar-refractivity contribution in [3.63, 3.8) is 0 Å². The summed E-state index contributed by atoms with van der Waals surface area (Å²) in [7, 11) is 0. The molecule has 2 amide bonds. The Labute approximate surface area is 146 Å². The lowest BCUT2D eigenvalue weighted by Crippen LogP contribution is -2.49. The molecule has 0 heterocycles. The largest absolute Gasteiger partial charge is 0.354 e. The lowest BCUT2D eigenvalue weighted by atomic mass is 9.92. The molecule has 2 aromatic carbocycles. The lowest BCUT2D eigenvalue weighted by molar-refractivity contribution is -0.126. The van der Waals surface area contributed by atoms with Gasteiger partial charge in [-0.1, -0.05) is 30.3 Å². The van der Waals surface area contributed by atoms with Crippen LogP contribution in [0.1, 0.15) is 29.3 Å². The number of amides is 2. The predicted molar refractivity (Wildman–Crippen MR) is 94.3 cm³/mol. The highest BCUT2D eigenvalue weighted by molar-refractivity contribution is 5.94. The van der Waals surface area contributed by atoms with Gasteiger partial charge in [0.15, 0.2) is 0 Å². The maximum absolute atomic E-state index is 12.8. The summed E-state index contributed by atoms with van der Waals surface area (Å²) < 4.78 is 12.8. The first-order valence-electron chi connectivity index (χ1n) is 8.08. The zero-order chi connectivity index (χ0) is 18.3. The van der Waals surface area contributed by atoms with E-state index in [0.29, 0.717) is 25.1 Å². The maximum Gasteiger partial charge on any atom is 0.251 e. The molecule has 1 atom stereocenters. The highest BCUT2D eigenvalue weighted by Crippen LogP contribution is 2.17. The lowest BCUT2D eigenvalue weighted by Gasteiger charge is -2.24. The van der Waals surface area contributed by atoms with E-state index in [2.05, 4.69) is 10.6 Å². The van der Waals surface area contributed by atoms with Crippen LogP contribution in [-0.4, -0.2) is 24.9 Å². The first kappa shape index (κ1) is 18.6. The zero-order valence-electron chi connectivity index (χ0n) is 14.1. The van der Waals surface area contributed by atoms with Crippen molar-refractivity contribution in [3.05, 3.63) is 71.5 Å². The molecule has 4 N–H and O–H groups in total. The second-order valence-corrected chi connectivity index (χ2v) is 5.94. The van der Waals surface area contributed by atoms with E-state index in [-0.39, 0.29) is 17.6 Å². The molecule has 0 bridgehead atoms. The second kappa shape index (κ2) is 8.39. The summed E-state index contributed by atoms with van der Waals surface area (Å²) in [5.74, 6) is -0.939. The number of hydrogen-bond acceptors (Lipinski definition) is 3. The number of nitrogens with one attached hydrogen (secondary N) is 2. The van der Waals surface area contributed by atoms with Gasteiger partial charge in [-0.05, 0) is 43.2 Å². The minimum atomic E-state index is -1.11. The fourth-order valence-corrected chi connectivity index (χ4v) is 2.29. The van der Waals surface area contributed by atoms with Crippen molar-refractivity contribution < 1.29 is 14.0 Å². The Bertz CT molecular complexity index is 715. The molecule has 5 nitrogen and oxygen atoms in total. The van der Waals surface area contributed by atoms with Gasteiger partial charge >= 0.3 is 0 Å². The van der Waals surface area contributed by atoms with Gasteiger partial charge in [-0.15, -0.1) is 0 Å². The molecule has 0 aliphatic carbocycles. The number of carbonyl (C=O) groups excluding carboxylic acids is 2. The molecule has 1 unspecified atom stereocenters. The summed E-state index contributed by atoms with van der Waals surface area (Å²) in [4.78, 5) is 24.1. The van der Waals surface area contributed by atoms with Crippen LogP contribution >= 0.6 is 0 Å². The number of rotatable bonds is 7. The third-order valence-electron chi connectivity index (χ3n) is 3.88. The normalized spacial score (nSPS) is 12.9. The van der Waals surface area contributed by atoms with Crippen molar-refractivity contribution in [2.45, 2.75) is 18.9 Å². The van der Waals surface area contributed by atoms with Gasteiger partial charge < -0.3 is 16.4 Å². The van der Waals surface area contributed by atoms with Crippen LogP contribution in [0.15, 0.2) is 54.6 Å². The Morgan fingerprint density at radius 3 is 2.24 bits per heavy atom. The van der Waals surface area contributed by atoms with Crippen LogP contribution in [0.25, 0.3) is 0 Å². The summed E-state index contributed by atoms with van der Waals surface area (Å²) in [6.07, 6.45) is 0.559. The summed E-state index contributed by atoms with van der Waals surface area (Å²) >= 11 is 0. The fourth-order valence-electron chi connectivity index (χ4n) is 2.29. The van der Waals surface area contributed by atoms with Crippen LogP contribution < -0.4 is 16.4 Å². The molecule has 2 aromatic rings. The Hall–Kier alpha value is -2.73. The van der Waals surface area contributed by atoms with Crippen LogP contribution in [0, 0.1) is 5.82 Å². The van der Waals surface area contributed by atoms with Gasteiger partial charge in [-0.25, -0.2) is 4.39 Å². The highest BCUT2D eigenvalue weighted by Gasteiger charge is 2.29. The van der Waals surface area contributed by atoms with E-state index in [1.807, 2.05) is 30.3 Å². The van der Waals surface area contributed by atoms with Crippen molar-refractivity contribution in [1.82, 2.24) is 10.6 Å². The van der Waals surface area contributed by atoms with Gasteiger partial charge in [0.1, 0.15) is 11.4 Å². The Morgan fingerprint density at radius 1 is 1.00 bits per heavy atom. The van der Waals surface area contributed by atoms with Crippen molar-refractivity contribution in [3.8, 4) is 0 Å². The van der Waals surface area contributed by atoms with E-state index in [1.54, 1.807) is 6.92 Å². The van der Waals surface area contributed by atoms with Crippen molar-refractivity contribution in [2.75, 3.05) is 13.1 Å². The maximum atomic E-state index is 12.8. The monoisotopic (exact) mass is 343 g/mol. The molecule has 0 radical (unpaired) electrons. The molecule has 0 aromatic heterocycles. The third kappa shape index (κ3) is 5.12. The summed E-state index contributed by atoms with van der Waals surface area (Å²) in [5, 5.41) is 5.50. The summed E-state index contributed by atoms with van der Waals surface area (Å²) in [6, 6.07) is 14.5. The van der Waals surface area contributed by atoms with E-state index in [9.17, 15) is 14.0 Å². The van der Waals surface area contributed by atoms with Gasteiger partial charge in [0, 0.05) is 18.7 Å². The Kier molecular flexibility index (Phi) is 6.25. The van der Waals surface area contributed by atoms with Gasteiger partial charge in [-0.2, -0.15) is 0 Å². The van der Waals surface area contributed by atoms with Gasteiger partial charge in [0.25, 0.3) is 5.91 Å². The molecule has 6 heteroatoms. The first-order chi connectivity index (χ1) is 11.9. The van der Waals surface area contributed by atoms with Gasteiger partial charge in [-0.3, -0.25) is 9.59 Å². The molecule has 0 saturated carbocycles. The summed E-state index contributed by atoms with van der Waals surface area (Å²) in [6.45, 7) is 2.44. The molecule has 0 fully saturated rings. The average molecular weight is 343 g/mol. The number of hydrogen-bond donors (Lipinski definition) is 3.